The van der Waals surface area contributed by atoms with Gasteiger partial charge >= 0.3 is 0 Å². The lowest BCUT2D eigenvalue weighted by atomic mass is 10.1. The van der Waals surface area contributed by atoms with Gasteiger partial charge in [0.2, 0.25) is 5.82 Å². The predicted molar refractivity (Wildman–Crippen MR) is 122 cm³/mol. The van der Waals surface area contributed by atoms with Gasteiger partial charge in [-0.1, -0.05) is 46.8 Å². The lowest BCUT2D eigenvalue weighted by molar-refractivity contribution is 0.292. The minimum Gasteiger partial charge on any atom is -0.395 e. The fourth-order valence-electron chi connectivity index (χ4n) is 3.51. The van der Waals surface area contributed by atoms with E-state index >= 15 is 0 Å². The summed E-state index contributed by atoms with van der Waals surface area (Å²) in [5.41, 5.74) is 3.64. The fraction of sp³-hybridized carbons (Fsp3) is 0.125. The number of aliphatic hydroxyl groups is 1. The third-order valence-corrected chi connectivity index (χ3v) is 5.16. The largest absolute Gasteiger partial charge is 0.395 e. The fourth-order valence-corrected chi connectivity index (χ4v) is 3.51. The van der Waals surface area contributed by atoms with Gasteiger partial charge in [-0.3, -0.25) is 4.98 Å². The molecule has 0 fully saturated rings. The van der Waals surface area contributed by atoms with Gasteiger partial charge in [0, 0.05) is 36.6 Å². The third-order valence-electron chi connectivity index (χ3n) is 5.16. The number of pyridine rings is 1. The van der Waals surface area contributed by atoms with Crippen LogP contribution in [0.1, 0.15) is 5.56 Å². The van der Waals surface area contributed by atoms with E-state index in [1.54, 1.807) is 42.7 Å². The van der Waals surface area contributed by atoms with Gasteiger partial charge in [-0.15, -0.1) is 5.10 Å². The minimum absolute atomic E-state index is 0.0900. The van der Waals surface area contributed by atoms with Crippen LogP contribution in [-0.2, 0) is 6.54 Å². The van der Waals surface area contributed by atoms with Crippen molar-refractivity contribution in [2.24, 2.45) is 0 Å². The van der Waals surface area contributed by atoms with Crippen molar-refractivity contribution in [3.8, 4) is 39.9 Å². The molecule has 10 heteroatoms. The average Bonchev–Trinajstić information content (AvgIpc) is 3.53. The zero-order valence-electron chi connectivity index (χ0n) is 18.0. The monoisotopic (exact) mass is 457 g/mol. The molecular formula is C24H20FN7O2. The van der Waals surface area contributed by atoms with Gasteiger partial charge in [0.25, 0.3) is 5.89 Å². The first-order valence-corrected chi connectivity index (χ1v) is 10.6. The first-order valence-electron chi connectivity index (χ1n) is 10.6. The summed E-state index contributed by atoms with van der Waals surface area (Å²) in [6.07, 6.45) is 3.27. The van der Waals surface area contributed by atoms with E-state index in [0.29, 0.717) is 30.3 Å². The average molecular weight is 457 g/mol. The van der Waals surface area contributed by atoms with Crippen molar-refractivity contribution < 1.29 is 14.0 Å². The lowest BCUT2D eigenvalue weighted by Gasteiger charge is -2.08. The highest BCUT2D eigenvalue weighted by Crippen LogP contribution is 2.32. The molecule has 9 nitrogen and oxygen atoms in total. The van der Waals surface area contributed by atoms with Crippen molar-refractivity contribution in [2.75, 3.05) is 13.2 Å². The number of aromatic nitrogens is 6. The van der Waals surface area contributed by atoms with Crippen LogP contribution in [0.5, 0.6) is 0 Å². The number of para-hydroxylation sites is 1. The maximum Gasteiger partial charge on any atom is 0.281 e. The smallest absolute Gasteiger partial charge is 0.281 e. The summed E-state index contributed by atoms with van der Waals surface area (Å²) < 4.78 is 21.5. The molecule has 5 rings (SSSR count). The number of nitrogens with zero attached hydrogens (tertiary/aromatic N) is 6. The molecule has 0 aliphatic rings. The summed E-state index contributed by atoms with van der Waals surface area (Å²) in [4.78, 5) is 8.58. The molecule has 170 valence electrons. The van der Waals surface area contributed by atoms with E-state index in [1.807, 2.05) is 24.3 Å². The van der Waals surface area contributed by atoms with Crippen LogP contribution in [0.25, 0.3) is 39.9 Å². The van der Waals surface area contributed by atoms with Crippen LogP contribution in [0.4, 0.5) is 4.39 Å². The maximum absolute atomic E-state index is 14.6. The van der Waals surface area contributed by atoms with E-state index in [9.17, 15) is 4.39 Å². The normalized spacial score (nSPS) is 11.1. The van der Waals surface area contributed by atoms with Crippen molar-refractivity contribution in [2.45, 2.75) is 6.54 Å². The summed E-state index contributed by atoms with van der Waals surface area (Å²) in [6.45, 7) is 1.27. The number of benzene rings is 2. The van der Waals surface area contributed by atoms with Crippen LogP contribution in [0.15, 0.2) is 77.6 Å². The van der Waals surface area contributed by atoms with E-state index in [-0.39, 0.29) is 18.2 Å². The molecule has 0 aliphatic heterocycles. The summed E-state index contributed by atoms with van der Waals surface area (Å²) in [5.74, 6) is 0.123. The van der Waals surface area contributed by atoms with E-state index in [4.69, 9.17) is 9.63 Å². The Kier molecular flexibility index (Phi) is 6.15. The van der Waals surface area contributed by atoms with Gasteiger partial charge in [-0.2, -0.15) is 4.98 Å². The Labute approximate surface area is 193 Å². The zero-order chi connectivity index (χ0) is 23.3. The standard InChI is InChI=1S/C24H20FN7O2/c25-19-3-1-2-4-20(19)32-22(17-9-11-26-12-10-17)21(29-31-32)24-28-23(30-34-24)18-7-5-16(6-8-18)15-27-13-14-33/h1-12,27,33H,13-15H2. The van der Waals surface area contributed by atoms with Gasteiger partial charge < -0.3 is 14.9 Å². The summed E-state index contributed by atoms with van der Waals surface area (Å²) in [7, 11) is 0. The van der Waals surface area contributed by atoms with Gasteiger partial charge in [0.05, 0.1) is 6.61 Å². The Morgan fingerprint density at radius 2 is 1.76 bits per heavy atom. The SMILES string of the molecule is OCCNCc1ccc(-c2noc(-c3nnn(-c4ccccc4F)c3-c3ccncc3)n2)cc1. The summed E-state index contributed by atoms with van der Waals surface area (Å²) in [6, 6.07) is 17.6. The molecule has 0 radical (unpaired) electrons. The van der Waals surface area contributed by atoms with E-state index < -0.39 is 5.82 Å². The Bertz CT molecular complexity index is 1380. The van der Waals surface area contributed by atoms with Gasteiger partial charge in [0.1, 0.15) is 17.2 Å². The number of hydrogen-bond acceptors (Lipinski definition) is 8. The lowest BCUT2D eigenvalue weighted by Crippen LogP contribution is -2.17. The Hall–Kier alpha value is -4.28. The number of aliphatic hydroxyl groups excluding tert-OH is 1. The van der Waals surface area contributed by atoms with E-state index in [2.05, 4.69) is 30.8 Å². The number of halogens is 1. The highest BCUT2D eigenvalue weighted by Gasteiger charge is 2.24. The van der Waals surface area contributed by atoms with Gasteiger partial charge in [-0.25, -0.2) is 9.07 Å². The molecule has 0 saturated carbocycles. The molecule has 2 aromatic carbocycles. The molecule has 0 atom stereocenters. The van der Waals surface area contributed by atoms with Crippen molar-refractivity contribution in [3.05, 3.63) is 84.4 Å². The molecule has 0 saturated heterocycles. The van der Waals surface area contributed by atoms with E-state index in [0.717, 1.165) is 16.7 Å². The predicted octanol–water partition coefficient (Wildman–Crippen LogP) is 3.27. The van der Waals surface area contributed by atoms with Gasteiger partial charge in [-0.05, 0) is 29.8 Å². The molecule has 0 amide bonds. The maximum atomic E-state index is 14.6. The molecular weight excluding hydrogens is 437 g/mol. The molecule has 3 heterocycles. The second kappa shape index (κ2) is 9.69. The van der Waals surface area contributed by atoms with Crippen LogP contribution in [-0.4, -0.2) is 48.4 Å². The quantitative estimate of drug-likeness (QED) is 0.341. The number of rotatable bonds is 8. The van der Waals surface area contributed by atoms with Crippen LogP contribution < -0.4 is 5.32 Å². The molecule has 0 unspecified atom stereocenters. The van der Waals surface area contributed by atoms with Crippen LogP contribution in [0, 0.1) is 5.82 Å². The molecule has 3 aromatic heterocycles. The molecule has 0 aliphatic carbocycles. The Morgan fingerprint density at radius 1 is 0.971 bits per heavy atom. The highest BCUT2D eigenvalue weighted by atomic mass is 19.1. The molecule has 34 heavy (non-hydrogen) atoms. The second-order valence-electron chi connectivity index (χ2n) is 7.41. The Morgan fingerprint density at radius 3 is 2.53 bits per heavy atom. The van der Waals surface area contributed by atoms with Crippen LogP contribution in [0.2, 0.25) is 0 Å². The van der Waals surface area contributed by atoms with Crippen molar-refractivity contribution in [1.82, 2.24) is 35.4 Å². The first kappa shape index (κ1) is 21.6. The topological polar surface area (TPSA) is 115 Å². The third kappa shape index (κ3) is 4.32. The minimum atomic E-state index is -0.436. The molecule has 5 aromatic rings. The molecule has 0 spiro atoms. The number of hydrogen-bond donors (Lipinski definition) is 2. The van der Waals surface area contributed by atoms with Crippen molar-refractivity contribution in [1.29, 1.82) is 0 Å². The highest BCUT2D eigenvalue weighted by molar-refractivity contribution is 5.76. The Balaban J connectivity index is 1.51. The van der Waals surface area contributed by atoms with Gasteiger partial charge in [0.15, 0.2) is 5.69 Å². The second-order valence-corrected chi connectivity index (χ2v) is 7.41. The zero-order valence-corrected chi connectivity index (χ0v) is 18.0. The molecule has 0 bridgehead atoms. The van der Waals surface area contributed by atoms with Crippen molar-refractivity contribution >= 4 is 0 Å². The summed E-state index contributed by atoms with van der Waals surface area (Å²) in [5, 5.41) is 24.5. The van der Waals surface area contributed by atoms with Crippen molar-refractivity contribution in [3.63, 3.8) is 0 Å². The molecule has 2 N–H and O–H groups in total. The summed E-state index contributed by atoms with van der Waals surface area (Å²) >= 11 is 0. The van der Waals surface area contributed by atoms with E-state index in [1.165, 1.54) is 10.7 Å². The van der Waals surface area contributed by atoms with Crippen LogP contribution >= 0.6 is 0 Å². The van der Waals surface area contributed by atoms with Crippen LogP contribution in [0.3, 0.4) is 0 Å². The first-order chi connectivity index (χ1) is 16.7. The number of nitrogens with one attached hydrogen (secondary N) is 1.